The first kappa shape index (κ1) is 46.6. The molecule has 2 aliphatic heterocycles. The summed E-state index contributed by atoms with van der Waals surface area (Å²) in [4.78, 5) is 0. The van der Waals surface area contributed by atoms with E-state index in [2.05, 4.69) is 223 Å². The second kappa shape index (κ2) is 14.8. The largest absolute Gasteiger partial charge is 0.494 e. The van der Waals surface area contributed by atoms with Crippen LogP contribution in [0, 0.1) is 0 Å². The highest BCUT2D eigenvalue weighted by atomic mass is 16.7. The van der Waals surface area contributed by atoms with E-state index < -0.39 is 36.6 Å². The van der Waals surface area contributed by atoms with Gasteiger partial charge in [-0.25, -0.2) is 0 Å². The molecule has 2 aliphatic rings. The van der Waals surface area contributed by atoms with E-state index >= 15 is 0 Å². The van der Waals surface area contributed by atoms with Crippen molar-refractivity contribution in [3.8, 4) is 22.3 Å². The summed E-state index contributed by atoms with van der Waals surface area (Å²) in [5.74, 6) is 0. The second-order valence-corrected chi connectivity index (χ2v) is 25.3. The molecule has 6 aromatic rings. The Morgan fingerprint density at radius 1 is 0.312 bits per heavy atom. The normalized spacial score (nSPS) is 18.8. The van der Waals surface area contributed by atoms with Gasteiger partial charge in [-0.3, -0.25) is 0 Å². The van der Waals surface area contributed by atoms with E-state index in [-0.39, 0.29) is 21.7 Å². The van der Waals surface area contributed by atoms with Gasteiger partial charge in [0.05, 0.1) is 22.4 Å². The second-order valence-electron chi connectivity index (χ2n) is 25.3. The Morgan fingerprint density at radius 2 is 0.578 bits per heavy atom. The monoisotopic (exact) mass is 857 g/mol. The average Bonchev–Trinajstić information content (AvgIpc) is 3.54. The maximum Gasteiger partial charge on any atom is 0.494 e. The quantitative estimate of drug-likeness (QED) is 0.131. The maximum atomic E-state index is 6.71. The minimum Gasteiger partial charge on any atom is -0.399 e. The molecule has 0 amide bonds. The van der Waals surface area contributed by atoms with Crippen molar-refractivity contribution in [3.05, 3.63) is 107 Å². The molecule has 4 nitrogen and oxygen atoms in total. The van der Waals surface area contributed by atoms with Gasteiger partial charge >= 0.3 is 14.2 Å². The molecule has 336 valence electrons. The summed E-state index contributed by atoms with van der Waals surface area (Å²) in [6.45, 7) is 44.9. The van der Waals surface area contributed by atoms with Gasteiger partial charge in [0.1, 0.15) is 0 Å². The minimum absolute atomic E-state index is 0.0461. The number of rotatable bonds is 4. The highest BCUT2D eigenvalue weighted by molar-refractivity contribution is 6.63. The standard InChI is InChI=1S/C58H74B2O4/c1-51(2,3)37-25-35(26-38(29-37)52(4,5)6)45-33-49-44-24-22-42(60-63-57(17,18)58(19,20)64-60)32-48(44)46(36-27-39(53(7,8)9)30-40(28-36)54(10,11)12)34-50(49)43-23-21-41(31-47(43)45)59-61-55(13,14)56(15,16)62-59/h21-34H,1-20H3. The van der Waals surface area contributed by atoms with Gasteiger partial charge in [-0.2, -0.15) is 0 Å². The summed E-state index contributed by atoms with van der Waals surface area (Å²) in [5.41, 5.74) is 10.2. The Morgan fingerprint density at radius 3 is 0.828 bits per heavy atom. The molecule has 0 bridgehead atoms. The molecule has 0 saturated carbocycles. The van der Waals surface area contributed by atoms with Gasteiger partial charge in [0, 0.05) is 0 Å². The van der Waals surface area contributed by atoms with Gasteiger partial charge in [-0.15, -0.1) is 0 Å². The number of hydrogen-bond donors (Lipinski definition) is 0. The molecule has 0 aliphatic carbocycles. The van der Waals surface area contributed by atoms with Crippen molar-refractivity contribution in [1.29, 1.82) is 0 Å². The summed E-state index contributed by atoms with van der Waals surface area (Å²) in [7, 11) is -0.971. The van der Waals surface area contributed by atoms with E-state index in [0.717, 1.165) is 10.9 Å². The number of hydrogen-bond acceptors (Lipinski definition) is 4. The van der Waals surface area contributed by atoms with E-state index in [9.17, 15) is 0 Å². The van der Waals surface area contributed by atoms with Gasteiger partial charge in [0.25, 0.3) is 0 Å². The van der Waals surface area contributed by atoms with Crippen molar-refractivity contribution in [2.75, 3.05) is 0 Å². The van der Waals surface area contributed by atoms with Gasteiger partial charge in [0.15, 0.2) is 0 Å². The van der Waals surface area contributed by atoms with E-state index in [1.165, 1.54) is 76.8 Å². The first-order valence-electron chi connectivity index (χ1n) is 23.7. The van der Waals surface area contributed by atoms with Crippen LogP contribution in [0.4, 0.5) is 0 Å². The fourth-order valence-electron chi connectivity index (χ4n) is 9.11. The van der Waals surface area contributed by atoms with Crippen LogP contribution in [0.3, 0.4) is 0 Å². The smallest absolute Gasteiger partial charge is 0.399 e. The van der Waals surface area contributed by atoms with E-state index in [4.69, 9.17) is 18.6 Å². The molecular weight excluding hydrogens is 782 g/mol. The van der Waals surface area contributed by atoms with Crippen LogP contribution in [0.5, 0.6) is 0 Å². The van der Waals surface area contributed by atoms with Crippen LogP contribution in [0.25, 0.3) is 54.6 Å². The van der Waals surface area contributed by atoms with Crippen molar-refractivity contribution in [2.45, 2.75) is 183 Å². The molecule has 64 heavy (non-hydrogen) atoms. The van der Waals surface area contributed by atoms with Gasteiger partial charge in [0.2, 0.25) is 0 Å². The summed E-state index contributed by atoms with van der Waals surface area (Å²) < 4.78 is 26.8. The van der Waals surface area contributed by atoms with Crippen molar-refractivity contribution in [1.82, 2.24) is 0 Å². The minimum atomic E-state index is -0.486. The van der Waals surface area contributed by atoms with Crippen LogP contribution in [0.1, 0.15) is 161 Å². The molecule has 0 spiro atoms. The van der Waals surface area contributed by atoms with Gasteiger partial charge in [-0.1, -0.05) is 156 Å². The number of fused-ring (bicyclic) bond motifs is 5. The molecule has 0 atom stereocenters. The molecule has 2 saturated heterocycles. The molecular formula is C58H74B2O4. The first-order valence-corrected chi connectivity index (χ1v) is 23.7. The lowest BCUT2D eigenvalue weighted by molar-refractivity contribution is 0.00578. The van der Waals surface area contributed by atoms with E-state index in [1.807, 2.05) is 0 Å². The Labute approximate surface area is 386 Å². The Hall–Kier alpha value is -3.93. The third kappa shape index (κ3) is 8.18. The predicted molar refractivity (Wildman–Crippen MR) is 276 cm³/mol. The van der Waals surface area contributed by atoms with Gasteiger partial charge in [-0.05, 0) is 177 Å². The lowest BCUT2D eigenvalue weighted by Crippen LogP contribution is -2.41. The molecule has 2 fully saturated rings. The molecule has 0 unspecified atom stereocenters. The van der Waals surface area contributed by atoms with Crippen molar-refractivity contribution < 1.29 is 18.6 Å². The Balaban J connectivity index is 1.51. The molecule has 8 rings (SSSR count). The lowest BCUT2D eigenvalue weighted by Gasteiger charge is -2.32. The fourth-order valence-corrected chi connectivity index (χ4v) is 9.11. The first-order chi connectivity index (χ1) is 29.2. The zero-order valence-electron chi connectivity index (χ0n) is 42.9. The van der Waals surface area contributed by atoms with Crippen molar-refractivity contribution >= 4 is 57.5 Å². The lowest BCUT2D eigenvalue weighted by atomic mass is 9.74. The molecule has 6 heteroatoms. The molecule has 2 heterocycles. The molecule has 0 aromatic heterocycles. The average molecular weight is 857 g/mol. The van der Waals surface area contributed by atoms with E-state index in [0.29, 0.717) is 0 Å². The van der Waals surface area contributed by atoms with Crippen LogP contribution in [0.2, 0.25) is 0 Å². The highest BCUT2D eigenvalue weighted by Crippen LogP contribution is 2.46. The third-order valence-corrected chi connectivity index (χ3v) is 15.1. The van der Waals surface area contributed by atoms with Crippen LogP contribution >= 0.6 is 0 Å². The van der Waals surface area contributed by atoms with Crippen LogP contribution in [-0.4, -0.2) is 36.6 Å². The maximum absolute atomic E-state index is 6.71. The Kier molecular flexibility index (Phi) is 10.8. The summed E-state index contributed by atoms with van der Waals surface area (Å²) in [6.07, 6.45) is 0. The molecule has 0 N–H and O–H groups in total. The third-order valence-electron chi connectivity index (χ3n) is 15.1. The molecule has 6 aromatic carbocycles. The zero-order valence-corrected chi connectivity index (χ0v) is 42.9. The molecule has 0 radical (unpaired) electrons. The highest BCUT2D eigenvalue weighted by Gasteiger charge is 2.53. The SMILES string of the molecule is CC(C)(C)c1cc(-c2cc3c4ccc(B5OC(C)(C)C(C)(C)O5)cc4c(-c4cc(C(C)(C)C)cc(C(C)(C)C)c4)cc3c3ccc(B4OC(C)(C)C(C)(C)O4)cc23)cc(C(C)(C)C)c1. The summed E-state index contributed by atoms with van der Waals surface area (Å²) in [5, 5.41) is 7.20. The summed E-state index contributed by atoms with van der Waals surface area (Å²) in [6, 6.07) is 33.2. The van der Waals surface area contributed by atoms with Crippen LogP contribution in [-0.2, 0) is 40.3 Å². The fraction of sp³-hybridized carbons (Fsp3) is 0.483. The topological polar surface area (TPSA) is 36.9 Å². The predicted octanol–water partition coefficient (Wildman–Crippen LogP) is 14.3. The van der Waals surface area contributed by atoms with Crippen LogP contribution < -0.4 is 10.9 Å². The zero-order chi connectivity index (χ0) is 47.1. The van der Waals surface area contributed by atoms with Crippen LogP contribution in [0.15, 0.2) is 84.9 Å². The Bertz CT molecular complexity index is 2540. The van der Waals surface area contributed by atoms with Crippen molar-refractivity contribution in [2.24, 2.45) is 0 Å². The van der Waals surface area contributed by atoms with Gasteiger partial charge < -0.3 is 18.6 Å². The van der Waals surface area contributed by atoms with Crippen molar-refractivity contribution in [3.63, 3.8) is 0 Å². The van der Waals surface area contributed by atoms with E-state index in [1.54, 1.807) is 0 Å². The number of benzene rings is 6. The summed E-state index contributed by atoms with van der Waals surface area (Å²) >= 11 is 0.